The maximum absolute atomic E-state index is 10.3. The molecule has 0 aliphatic heterocycles. The van der Waals surface area contributed by atoms with E-state index in [9.17, 15) is 9.90 Å². The maximum atomic E-state index is 10.3. The normalized spacial score (nSPS) is 10.7. The average molecular weight is 250 g/mol. The standard InChI is InChI=1S/C11H13N3O2S/c1-6-7(2)17-11-9(6)10(13-5-14-11)12-4-3-8(15)16/h5H,3-4H2,1-2H3,(H,15,16)(H,12,13,14)/p-1. The first-order valence-electron chi connectivity index (χ1n) is 5.24. The number of aliphatic carboxylic acids is 1. The first-order chi connectivity index (χ1) is 8.09. The summed E-state index contributed by atoms with van der Waals surface area (Å²) >= 11 is 1.61. The summed E-state index contributed by atoms with van der Waals surface area (Å²) in [6.07, 6.45) is 1.45. The van der Waals surface area contributed by atoms with Crippen molar-refractivity contribution in [3.8, 4) is 0 Å². The summed E-state index contributed by atoms with van der Waals surface area (Å²) in [5.41, 5.74) is 1.14. The molecule has 0 unspecified atom stereocenters. The number of hydrogen-bond donors (Lipinski definition) is 1. The van der Waals surface area contributed by atoms with E-state index in [4.69, 9.17) is 0 Å². The smallest absolute Gasteiger partial charge is 0.138 e. The van der Waals surface area contributed by atoms with Crippen LogP contribution in [0.5, 0.6) is 0 Å². The molecule has 2 rings (SSSR count). The molecule has 2 heterocycles. The summed E-state index contributed by atoms with van der Waals surface area (Å²) in [5, 5.41) is 14.3. The average Bonchev–Trinajstić information content (AvgIpc) is 2.55. The Morgan fingerprint density at radius 2 is 2.24 bits per heavy atom. The summed E-state index contributed by atoms with van der Waals surface area (Å²) in [6.45, 7) is 4.36. The van der Waals surface area contributed by atoms with Gasteiger partial charge < -0.3 is 15.2 Å². The molecule has 0 aliphatic rings. The van der Waals surface area contributed by atoms with Crippen LogP contribution in [0.3, 0.4) is 0 Å². The Morgan fingerprint density at radius 1 is 1.47 bits per heavy atom. The van der Waals surface area contributed by atoms with Gasteiger partial charge in [-0.15, -0.1) is 11.3 Å². The third kappa shape index (κ3) is 2.36. The third-order valence-corrected chi connectivity index (χ3v) is 3.70. The van der Waals surface area contributed by atoms with Crippen molar-refractivity contribution < 1.29 is 9.90 Å². The molecule has 0 saturated carbocycles. The van der Waals surface area contributed by atoms with Gasteiger partial charge in [0.05, 0.1) is 5.39 Å². The number of thiophene rings is 1. The lowest BCUT2D eigenvalue weighted by molar-refractivity contribution is -0.305. The van der Waals surface area contributed by atoms with Crippen molar-refractivity contribution in [1.82, 2.24) is 9.97 Å². The highest BCUT2D eigenvalue weighted by molar-refractivity contribution is 7.18. The van der Waals surface area contributed by atoms with E-state index in [1.54, 1.807) is 11.3 Å². The predicted molar refractivity (Wildman–Crippen MR) is 65.0 cm³/mol. The number of fused-ring (bicyclic) bond motifs is 1. The minimum Gasteiger partial charge on any atom is -0.550 e. The molecule has 0 fully saturated rings. The van der Waals surface area contributed by atoms with Crippen LogP contribution in [0.1, 0.15) is 16.9 Å². The Labute approximate surface area is 103 Å². The van der Waals surface area contributed by atoms with Crippen LogP contribution in [0.4, 0.5) is 5.82 Å². The molecule has 0 spiro atoms. The monoisotopic (exact) mass is 250 g/mol. The zero-order valence-corrected chi connectivity index (χ0v) is 10.4. The summed E-state index contributed by atoms with van der Waals surface area (Å²) in [7, 11) is 0. The minimum absolute atomic E-state index is 0.0341. The Hall–Kier alpha value is -1.69. The van der Waals surface area contributed by atoms with Crippen LogP contribution in [0.2, 0.25) is 0 Å². The van der Waals surface area contributed by atoms with Gasteiger partial charge in [-0.2, -0.15) is 0 Å². The van der Waals surface area contributed by atoms with Crippen molar-refractivity contribution in [3.63, 3.8) is 0 Å². The highest BCUT2D eigenvalue weighted by atomic mass is 32.1. The molecule has 2 aromatic heterocycles. The first-order valence-corrected chi connectivity index (χ1v) is 6.05. The van der Waals surface area contributed by atoms with Gasteiger partial charge in [0.25, 0.3) is 0 Å². The van der Waals surface area contributed by atoms with E-state index >= 15 is 0 Å². The largest absolute Gasteiger partial charge is 0.550 e. The Morgan fingerprint density at radius 3 is 2.94 bits per heavy atom. The number of aromatic nitrogens is 2. The minimum atomic E-state index is -1.07. The van der Waals surface area contributed by atoms with Crippen molar-refractivity contribution in [1.29, 1.82) is 0 Å². The number of anilines is 1. The second-order valence-electron chi connectivity index (χ2n) is 3.73. The Kier molecular flexibility index (Phi) is 3.23. The van der Waals surface area contributed by atoms with E-state index < -0.39 is 5.97 Å². The molecule has 0 radical (unpaired) electrons. The van der Waals surface area contributed by atoms with Gasteiger partial charge in [-0.1, -0.05) is 0 Å². The highest BCUT2D eigenvalue weighted by Crippen LogP contribution is 2.32. The Balaban J connectivity index is 2.30. The Bertz CT molecular complexity index is 565. The van der Waals surface area contributed by atoms with E-state index in [1.165, 1.54) is 11.2 Å². The van der Waals surface area contributed by atoms with Gasteiger partial charge in [-0.25, -0.2) is 9.97 Å². The molecule has 2 aromatic rings. The van der Waals surface area contributed by atoms with Crippen LogP contribution in [0, 0.1) is 13.8 Å². The second-order valence-corrected chi connectivity index (χ2v) is 4.94. The molecule has 90 valence electrons. The summed E-state index contributed by atoms with van der Waals surface area (Å²) in [6, 6.07) is 0. The summed E-state index contributed by atoms with van der Waals surface area (Å²) in [5.74, 6) is -0.376. The van der Waals surface area contributed by atoms with E-state index in [0.29, 0.717) is 12.4 Å². The number of hydrogen-bond acceptors (Lipinski definition) is 6. The first kappa shape index (κ1) is 11.8. The molecule has 0 saturated heterocycles. The number of carboxylic acids is 1. The molecule has 0 bridgehead atoms. The third-order valence-electron chi connectivity index (χ3n) is 2.59. The number of nitrogens with zero attached hydrogens (tertiary/aromatic N) is 2. The number of carbonyl (C=O) groups is 1. The maximum Gasteiger partial charge on any atom is 0.138 e. The molecule has 0 aromatic carbocycles. The van der Waals surface area contributed by atoms with Crippen molar-refractivity contribution in [2.45, 2.75) is 20.3 Å². The van der Waals surface area contributed by atoms with E-state index in [-0.39, 0.29) is 6.42 Å². The van der Waals surface area contributed by atoms with Gasteiger partial charge in [-0.05, 0) is 19.4 Å². The fourth-order valence-electron chi connectivity index (χ4n) is 1.60. The molecule has 0 atom stereocenters. The molecule has 1 N–H and O–H groups in total. The van der Waals surface area contributed by atoms with E-state index in [1.807, 2.05) is 13.8 Å². The SMILES string of the molecule is Cc1sc2ncnc(NCCC(=O)[O-])c2c1C. The fourth-order valence-corrected chi connectivity index (χ4v) is 2.60. The highest BCUT2D eigenvalue weighted by Gasteiger charge is 2.11. The van der Waals surface area contributed by atoms with Crippen LogP contribution >= 0.6 is 11.3 Å². The van der Waals surface area contributed by atoms with Crippen LogP contribution in [-0.2, 0) is 4.79 Å². The van der Waals surface area contributed by atoms with Gasteiger partial charge in [0.2, 0.25) is 0 Å². The zero-order chi connectivity index (χ0) is 12.4. The lowest BCUT2D eigenvalue weighted by Crippen LogP contribution is -2.24. The van der Waals surface area contributed by atoms with Crippen LogP contribution < -0.4 is 10.4 Å². The molecular weight excluding hydrogens is 238 g/mol. The molecule has 0 amide bonds. The van der Waals surface area contributed by atoms with Crippen molar-refractivity contribution in [3.05, 3.63) is 16.8 Å². The number of carboxylic acid groups (broad SMARTS) is 1. The van der Waals surface area contributed by atoms with Crippen LogP contribution in [0.15, 0.2) is 6.33 Å². The van der Waals surface area contributed by atoms with Gasteiger partial charge in [0, 0.05) is 23.8 Å². The van der Waals surface area contributed by atoms with Crippen LogP contribution in [-0.4, -0.2) is 22.5 Å². The van der Waals surface area contributed by atoms with E-state index in [2.05, 4.69) is 15.3 Å². The zero-order valence-electron chi connectivity index (χ0n) is 9.61. The quantitative estimate of drug-likeness (QED) is 0.870. The van der Waals surface area contributed by atoms with Crippen molar-refractivity contribution in [2.75, 3.05) is 11.9 Å². The lowest BCUT2D eigenvalue weighted by atomic mass is 10.2. The van der Waals surface area contributed by atoms with Gasteiger partial charge >= 0.3 is 0 Å². The number of carbonyl (C=O) groups excluding carboxylic acids is 1. The second kappa shape index (κ2) is 4.67. The molecule has 0 aliphatic carbocycles. The van der Waals surface area contributed by atoms with Crippen molar-refractivity contribution in [2.24, 2.45) is 0 Å². The van der Waals surface area contributed by atoms with Gasteiger partial charge in [-0.3, -0.25) is 0 Å². The summed E-state index contributed by atoms with van der Waals surface area (Å²) in [4.78, 5) is 20.8. The lowest BCUT2D eigenvalue weighted by Gasteiger charge is -2.07. The van der Waals surface area contributed by atoms with Gasteiger partial charge in [0.15, 0.2) is 0 Å². The van der Waals surface area contributed by atoms with Crippen LogP contribution in [0.25, 0.3) is 10.2 Å². The van der Waals surface area contributed by atoms with E-state index in [0.717, 1.165) is 15.8 Å². The predicted octanol–water partition coefficient (Wildman–Crippen LogP) is 0.860. The molecule has 6 heteroatoms. The molecular formula is C11H12N3O2S-. The molecule has 17 heavy (non-hydrogen) atoms. The van der Waals surface area contributed by atoms with Crippen molar-refractivity contribution >= 4 is 33.3 Å². The summed E-state index contributed by atoms with van der Waals surface area (Å²) < 4.78 is 0. The number of nitrogens with one attached hydrogen (secondary N) is 1. The van der Waals surface area contributed by atoms with Gasteiger partial charge in [0.1, 0.15) is 17.0 Å². The number of aryl methyl sites for hydroxylation is 2. The fraction of sp³-hybridized carbons (Fsp3) is 0.364. The molecule has 5 nitrogen and oxygen atoms in total. The number of rotatable bonds is 4. The topological polar surface area (TPSA) is 77.9 Å².